The predicted octanol–water partition coefficient (Wildman–Crippen LogP) is 4.04. The second kappa shape index (κ2) is 7.24. The SMILES string of the molecule is CCCC1CCCCN1C(c1ccccc1C)C(C)N. The summed E-state index contributed by atoms with van der Waals surface area (Å²) < 4.78 is 0. The normalized spacial score (nSPS) is 23.5. The van der Waals surface area contributed by atoms with Gasteiger partial charge in [0.1, 0.15) is 0 Å². The third-order valence-corrected chi connectivity index (χ3v) is 4.66. The fourth-order valence-corrected chi connectivity index (χ4v) is 3.71. The molecule has 1 saturated heterocycles. The van der Waals surface area contributed by atoms with E-state index in [1.165, 1.54) is 49.8 Å². The maximum absolute atomic E-state index is 6.39. The van der Waals surface area contributed by atoms with Crippen LogP contribution in [0.25, 0.3) is 0 Å². The molecule has 112 valence electrons. The summed E-state index contributed by atoms with van der Waals surface area (Å²) in [5.74, 6) is 0. The van der Waals surface area contributed by atoms with Crippen LogP contribution in [-0.2, 0) is 0 Å². The third-order valence-electron chi connectivity index (χ3n) is 4.66. The van der Waals surface area contributed by atoms with E-state index in [1.54, 1.807) is 0 Å². The van der Waals surface area contributed by atoms with Gasteiger partial charge in [-0.05, 0) is 50.8 Å². The molecule has 2 heteroatoms. The van der Waals surface area contributed by atoms with Crippen LogP contribution >= 0.6 is 0 Å². The first kappa shape index (κ1) is 15.5. The van der Waals surface area contributed by atoms with Gasteiger partial charge in [-0.2, -0.15) is 0 Å². The molecule has 0 bridgehead atoms. The first-order chi connectivity index (χ1) is 9.65. The number of aryl methyl sites for hydroxylation is 1. The summed E-state index contributed by atoms with van der Waals surface area (Å²) in [7, 11) is 0. The quantitative estimate of drug-likeness (QED) is 0.878. The minimum Gasteiger partial charge on any atom is -0.326 e. The Bertz CT molecular complexity index is 412. The van der Waals surface area contributed by atoms with Crippen LogP contribution in [0, 0.1) is 6.92 Å². The monoisotopic (exact) mass is 274 g/mol. The average molecular weight is 274 g/mol. The van der Waals surface area contributed by atoms with Gasteiger partial charge in [0.05, 0.1) is 6.04 Å². The van der Waals surface area contributed by atoms with Gasteiger partial charge in [-0.15, -0.1) is 0 Å². The van der Waals surface area contributed by atoms with Crippen molar-refractivity contribution < 1.29 is 0 Å². The second-order valence-electron chi connectivity index (χ2n) is 6.34. The number of benzene rings is 1. The number of piperidine rings is 1. The lowest BCUT2D eigenvalue weighted by Gasteiger charge is -2.43. The topological polar surface area (TPSA) is 29.3 Å². The van der Waals surface area contributed by atoms with Crippen molar-refractivity contribution in [3.05, 3.63) is 35.4 Å². The summed E-state index contributed by atoms with van der Waals surface area (Å²) in [6.45, 7) is 7.87. The summed E-state index contributed by atoms with van der Waals surface area (Å²) >= 11 is 0. The van der Waals surface area contributed by atoms with Crippen LogP contribution in [0.3, 0.4) is 0 Å². The molecule has 0 amide bonds. The number of nitrogens with zero attached hydrogens (tertiary/aromatic N) is 1. The largest absolute Gasteiger partial charge is 0.326 e. The van der Waals surface area contributed by atoms with Crippen molar-refractivity contribution >= 4 is 0 Å². The van der Waals surface area contributed by atoms with E-state index in [2.05, 4.69) is 49.9 Å². The summed E-state index contributed by atoms with van der Waals surface area (Å²) in [6, 6.07) is 10.0. The van der Waals surface area contributed by atoms with E-state index in [0.717, 1.165) is 0 Å². The van der Waals surface area contributed by atoms with E-state index in [4.69, 9.17) is 5.73 Å². The molecule has 3 unspecified atom stereocenters. The zero-order valence-electron chi connectivity index (χ0n) is 13.3. The number of hydrogen-bond acceptors (Lipinski definition) is 2. The summed E-state index contributed by atoms with van der Waals surface area (Å²) in [5.41, 5.74) is 9.18. The van der Waals surface area contributed by atoms with Crippen LogP contribution in [0.1, 0.15) is 63.1 Å². The Balaban J connectivity index is 2.29. The van der Waals surface area contributed by atoms with Crippen molar-refractivity contribution in [1.29, 1.82) is 0 Å². The van der Waals surface area contributed by atoms with E-state index in [0.29, 0.717) is 12.1 Å². The van der Waals surface area contributed by atoms with E-state index in [9.17, 15) is 0 Å². The van der Waals surface area contributed by atoms with Gasteiger partial charge in [0.2, 0.25) is 0 Å². The number of hydrogen-bond donors (Lipinski definition) is 1. The van der Waals surface area contributed by atoms with Crippen molar-refractivity contribution in [2.45, 2.75) is 71.0 Å². The summed E-state index contributed by atoms with van der Waals surface area (Å²) in [6.07, 6.45) is 6.59. The zero-order chi connectivity index (χ0) is 14.5. The molecular formula is C18H30N2. The Kier molecular flexibility index (Phi) is 5.62. The molecule has 0 saturated carbocycles. The van der Waals surface area contributed by atoms with E-state index in [1.807, 2.05) is 0 Å². The molecule has 0 aliphatic carbocycles. The highest BCUT2D eigenvalue weighted by Crippen LogP contribution is 2.33. The highest BCUT2D eigenvalue weighted by atomic mass is 15.2. The van der Waals surface area contributed by atoms with Crippen LogP contribution in [-0.4, -0.2) is 23.5 Å². The van der Waals surface area contributed by atoms with E-state index >= 15 is 0 Å². The summed E-state index contributed by atoms with van der Waals surface area (Å²) in [5, 5.41) is 0. The minimum atomic E-state index is 0.175. The van der Waals surface area contributed by atoms with Crippen molar-refractivity contribution in [1.82, 2.24) is 4.90 Å². The predicted molar refractivity (Wildman–Crippen MR) is 86.8 cm³/mol. The van der Waals surface area contributed by atoms with Crippen LogP contribution in [0.5, 0.6) is 0 Å². The molecule has 2 rings (SSSR count). The molecule has 1 aromatic carbocycles. The Labute approximate surface area is 124 Å². The Morgan fingerprint density at radius 3 is 2.70 bits per heavy atom. The van der Waals surface area contributed by atoms with Crippen molar-refractivity contribution in [3.63, 3.8) is 0 Å². The molecule has 2 N–H and O–H groups in total. The third kappa shape index (κ3) is 3.42. The molecule has 1 heterocycles. The molecule has 0 radical (unpaired) electrons. The standard InChI is InChI=1S/C18H30N2/c1-4-9-16-11-7-8-13-20(16)18(15(3)19)17-12-6-5-10-14(17)2/h5-6,10,12,15-16,18H,4,7-9,11,13,19H2,1-3H3. The van der Waals surface area contributed by atoms with Crippen LogP contribution < -0.4 is 5.73 Å². The maximum Gasteiger partial charge on any atom is 0.0501 e. The van der Waals surface area contributed by atoms with Gasteiger partial charge in [-0.25, -0.2) is 0 Å². The molecule has 20 heavy (non-hydrogen) atoms. The minimum absolute atomic E-state index is 0.175. The van der Waals surface area contributed by atoms with Crippen LogP contribution in [0.15, 0.2) is 24.3 Å². The van der Waals surface area contributed by atoms with Gasteiger partial charge >= 0.3 is 0 Å². The zero-order valence-corrected chi connectivity index (χ0v) is 13.3. The fourth-order valence-electron chi connectivity index (χ4n) is 3.71. The van der Waals surface area contributed by atoms with Crippen molar-refractivity contribution in [3.8, 4) is 0 Å². The lowest BCUT2D eigenvalue weighted by atomic mass is 9.89. The molecule has 0 spiro atoms. The number of rotatable bonds is 5. The Morgan fingerprint density at radius 2 is 2.05 bits per heavy atom. The highest BCUT2D eigenvalue weighted by molar-refractivity contribution is 5.30. The highest BCUT2D eigenvalue weighted by Gasteiger charge is 2.31. The Hall–Kier alpha value is -0.860. The van der Waals surface area contributed by atoms with E-state index in [-0.39, 0.29) is 6.04 Å². The van der Waals surface area contributed by atoms with Crippen molar-refractivity contribution in [2.24, 2.45) is 5.73 Å². The first-order valence-electron chi connectivity index (χ1n) is 8.22. The van der Waals surface area contributed by atoms with E-state index < -0.39 is 0 Å². The van der Waals surface area contributed by atoms with Crippen molar-refractivity contribution in [2.75, 3.05) is 6.54 Å². The molecule has 1 aliphatic rings. The lowest BCUT2D eigenvalue weighted by Crippen LogP contribution is -2.47. The second-order valence-corrected chi connectivity index (χ2v) is 6.34. The van der Waals surface area contributed by atoms with Gasteiger partial charge < -0.3 is 5.73 Å². The molecule has 3 atom stereocenters. The summed E-state index contributed by atoms with van der Waals surface area (Å²) in [4.78, 5) is 2.69. The fraction of sp³-hybridized carbons (Fsp3) is 0.667. The molecule has 2 nitrogen and oxygen atoms in total. The lowest BCUT2D eigenvalue weighted by molar-refractivity contribution is 0.0761. The van der Waals surface area contributed by atoms with Gasteiger partial charge in [0, 0.05) is 12.1 Å². The van der Waals surface area contributed by atoms with Crippen LogP contribution in [0.2, 0.25) is 0 Å². The van der Waals surface area contributed by atoms with Gasteiger partial charge in [0.15, 0.2) is 0 Å². The first-order valence-corrected chi connectivity index (χ1v) is 8.22. The van der Waals surface area contributed by atoms with Gasteiger partial charge in [-0.1, -0.05) is 44.0 Å². The molecule has 1 aliphatic heterocycles. The molecule has 0 aromatic heterocycles. The molecule has 1 aromatic rings. The van der Waals surface area contributed by atoms with Crippen LogP contribution in [0.4, 0.5) is 0 Å². The Morgan fingerprint density at radius 1 is 1.30 bits per heavy atom. The molecule has 1 fully saturated rings. The smallest absolute Gasteiger partial charge is 0.0501 e. The molecular weight excluding hydrogens is 244 g/mol. The number of nitrogens with two attached hydrogens (primary N) is 1. The number of likely N-dealkylation sites (tertiary alicyclic amines) is 1. The van der Waals surface area contributed by atoms with Gasteiger partial charge in [0.25, 0.3) is 0 Å². The van der Waals surface area contributed by atoms with Gasteiger partial charge in [-0.3, -0.25) is 4.90 Å². The average Bonchev–Trinajstić information content (AvgIpc) is 2.43. The maximum atomic E-state index is 6.39.